The number of carbonyl (C=O) groups excluding carboxylic acids is 2. The lowest BCUT2D eigenvalue weighted by Gasteiger charge is -2.37. The highest BCUT2D eigenvalue weighted by Crippen LogP contribution is 2.41. The summed E-state index contributed by atoms with van der Waals surface area (Å²) in [4.78, 5) is 25.4. The molecule has 2 heterocycles. The lowest BCUT2D eigenvalue weighted by atomic mass is 9.71. The number of amides is 2. The van der Waals surface area contributed by atoms with Crippen molar-refractivity contribution < 1.29 is 14.0 Å². The number of benzene rings is 1. The Hall–Kier alpha value is -2.86. The van der Waals surface area contributed by atoms with Gasteiger partial charge in [0.25, 0.3) is 11.8 Å². The van der Waals surface area contributed by atoms with Crippen molar-refractivity contribution in [2.75, 3.05) is 5.32 Å². The van der Waals surface area contributed by atoms with E-state index in [1.807, 2.05) is 6.07 Å². The SMILES string of the molecule is CC1(C)CCC(NC(=O)c2ccc(NC(=O)c3ccco3)s2)c2ccccc21. The van der Waals surface area contributed by atoms with Gasteiger partial charge in [0, 0.05) is 0 Å². The van der Waals surface area contributed by atoms with Crippen LogP contribution in [0, 0.1) is 0 Å². The van der Waals surface area contributed by atoms with Crippen LogP contribution in [0.1, 0.15) is 64.1 Å². The number of thiophene rings is 1. The molecule has 6 heteroatoms. The van der Waals surface area contributed by atoms with Crippen molar-refractivity contribution in [2.45, 2.75) is 38.1 Å². The average Bonchev–Trinajstić information content (AvgIpc) is 3.36. The zero-order chi connectivity index (χ0) is 19.7. The highest BCUT2D eigenvalue weighted by molar-refractivity contribution is 7.18. The molecule has 1 aromatic carbocycles. The predicted molar refractivity (Wildman–Crippen MR) is 110 cm³/mol. The molecular formula is C22H22N2O3S. The minimum atomic E-state index is -0.331. The van der Waals surface area contributed by atoms with Crippen molar-refractivity contribution in [3.05, 3.63) is 76.6 Å². The summed E-state index contributed by atoms with van der Waals surface area (Å²) in [5.74, 6) is -0.217. The Bertz CT molecular complexity index is 1000. The minimum absolute atomic E-state index is 0.0000140. The van der Waals surface area contributed by atoms with Gasteiger partial charge in [-0.3, -0.25) is 9.59 Å². The molecule has 144 valence electrons. The molecule has 1 atom stereocenters. The summed E-state index contributed by atoms with van der Waals surface area (Å²) in [7, 11) is 0. The van der Waals surface area contributed by atoms with Crippen molar-refractivity contribution >= 4 is 28.2 Å². The van der Waals surface area contributed by atoms with Gasteiger partial charge in [-0.25, -0.2) is 0 Å². The summed E-state index contributed by atoms with van der Waals surface area (Å²) in [5.41, 5.74) is 2.60. The van der Waals surface area contributed by atoms with Crippen molar-refractivity contribution in [1.82, 2.24) is 5.32 Å². The fourth-order valence-electron chi connectivity index (χ4n) is 3.70. The van der Waals surface area contributed by atoms with Crippen molar-refractivity contribution in [1.29, 1.82) is 0 Å². The molecule has 28 heavy (non-hydrogen) atoms. The minimum Gasteiger partial charge on any atom is -0.459 e. The van der Waals surface area contributed by atoms with Crippen molar-refractivity contribution in [2.24, 2.45) is 0 Å². The smallest absolute Gasteiger partial charge is 0.291 e. The first-order valence-electron chi connectivity index (χ1n) is 9.29. The van der Waals surface area contributed by atoms with E-state index in [0.717, 1.165) is 12.8 Å². The maximum absolute atomic E-state index is 12.8. The predicted octanol–water partition coefficient (Wildman–Crippen LogP) is 5.14. The molecular weight excluding hydrogens is 372 g/mol. The summed E-state index contributed by atoms with van der Waals surface area (Å²) in [6.07, 6.45) is 3.37. The molecule has 0 fully saturated rings. The second kappa shape index (κ2) is 7.28. The maximum atomic E-state index is 12.8. The number of furan rings is 1. The van der Waals surface area contributed by atoms with E-state index in [2.05, 4.69) is 42.7 Å². The molecule has 1 unspecified atom stereocenters. The van der Waals surface area contributed by atoms with E-state index < -0.39 is 0 Å². The fraction of sp³-hybridized carbons (Fsp3) is 0.273. The van der Waals surface area contributed by atoms with E-state index in [-0.39, 0.29) is 29.0 Å². The van der Waals surface area contributed by atoms with Gasteiger partial charge in [-0.15, -0.1) is 11.3 Å². The number of nitrogens with one attached hydrogen (secondary N) is 2. The van der Waals surface area contributed by atoms with E-state index >= 15 is 0 Å². The second-order valence-corrected chi connectivity index (χ2v) is 8.71. The van der Waals surface area contributed by atoms with Crippen LogP contribution in [0.25, 0.3) is 0 Å². The van der Waals surface area contributed by atoms with Gasteiger partial charge in [0.05, 0.1) is 22.2 Å². The van der Waals surface area contributed by atoms with Gasteiger partial charge >= 0.3 is 0 Å². The van der Waals surface area contributed by atoms with Crippen LogP contribution < -0.4 is 10.6 Å². The van der Waals surface area contributed by atoms with Gasteiger partial charge < -0.3 is 15.1 Å². The molecule has 0 spiro atoms. The van der Waals surface area contributed by atoms with Crippen LogP contribution >= 0.6 is 11.3 Å². The monoisotopic (exact) mass is 394 g/mol. The first-order chi connectivity index (χ1) is 13.4. The van der Waals surface area contributed by atoms with Gasteiger partial charge in [0.1, 0.15) is 0 Å². The standard InChI is InChI=1S/C22H22N2O3S/c1-22(2)12-11-16(14-6-3-4-7-15(14)22)23-21(26)18-9-10-19(28-18)24-20(25)17-8-5-13-27-17/h3-10,13,16H,11-12H2,1-2H3,(H,23,26)(H,24,25). The molecule has 0 radical (unpaired) electrons. The van der Waals surface area contributed by atoms with Crippen LogP contribution in [-0.2, 0) is 5.41 Å². The third-order valence-corrected chi connectivity index (χ3v) is 6.24. The van der Waals surface area contributed by atoms with Crippen LogP contribution in [-0.4, -0.2) is 11.8 Å². The highest BCUT2D eigenvalue weighted by Gasteiger charge is 2.33. The average molecular weight is 394 g/mol. The molecule has 1 aliphatic carbocycles. The largest absolute Gasteiger partial charge is 0.459 e. The summed E-state index contributed by atoms with van der Waals surface area (Å²) in [6, 6.07) is 15.1. The molecule has 3 aromatic rings. The summed E-state index contributed by atoms with van der Waals surface area (Å²) >= 11 is 1.25. The Morgan fingerprint density at radius 1 is 1.07 bits per heavy atom. The Morgan fingerprint density at radius 3 is 2.68 bits per heavy atom. The first kappa shape index (κ1) is 18.5. The number of rotatable bonds is 4. The van der Waals surface area contributed by atoms with E-state index in [4.69, 9.17) is 4.42 Å². The topological polar surface area (TPSA) is 71.3 Å². The zero-order valence-electron chi connectivity index (χ0n) is 15.8. The van der Waals surface area contributed by atoms with Gasteiger partial charge in [0.15, 0.2) is 5.76 Å². The second-order valence-electron chi connectivity index (χ2n) is 7.63. The fourth-order valence-corrected chi connectivity index (χ4v) is 4.50. The van der Waals surface area contributed by atoms with Crippen molar-refractivity contribution in [3.63, 3.8) is 0 Å². The lowest BCUT2D eigenvalue weighted by Crippen LogP contribution is -2.35. The lowest BCUT2D eigenvalue weighted by molar-refractivity contribution is 0.0932. The number of hydrogen-bond acceptors (Lipinski definition) is 4. The van der Waals surface area contributed by atoms with Gasteiger partial charge in [-0.2, -0.15) is 0 Å². The molecule has 0 saturated heterocycles. The van der Waals surface area contributed by atoms with E-state index in [0.29, 0.717) is 9.88 Å². The summed E-state index contributed by atoms with van der Waals surface area (Å²) in [5, 5.41) is 6.53. The molecule has 0 aliphatic heterocycles. The van der Waals surface area contributed by atoms with E-state index in [9.17, 15) is 9.59 Å². The number of fused-ring (bicyclic) bond motifs is 1. The van der Waals surface area contributed by atoms with Crippen LogP contribution in [0.2, 0.25) is 0 Å². The maximum Gasteiger partial charge on any atom is 0.291 e. The van der Waals surface area contributed by atoms with Crippen LogP contribution in [0.3, 0.4) is 0 Å². The number of carbonyl (C=O) groups is 2. The van der Waals surface area contributed by atoms with Gasteiger partial charge in [-0.05, 0) is 53.6 Å². The summed E-state index contributed by atoms with van der Waals surface area (Å²) < 4.78 is 5.09. The van der Waals surface area contributed by atoms with Crippen LogP contribution in [0.15, 0.2) is 59.2 Å². The normalized spacial score (nSPS) is 17.6. The molecule has 0 saturated carbocycles. The van der Waals surface area contributed by atoms with Gasteiger partial charge in [0.2, 0.25) is 0 Å². The Labute approximate surface area is 167 Å². The molecule has 2 amide bonds. The van der Waals surface area contributed by atoms with Crippen molar-refractivity contribution in [3.8, 4) is 0 Å². The third-order valence-electron chi connectivity index (χ3n) is 5.24. The molecule has 4 rings (SSSR count). The molecule has 0 bridgehead atoms. The zero-order valence-corrected chi connectivity index (χ0v) is 16.6. The van der Waals surface area contributed by atoms with E-state index in [1.54, 1.807) is 24.3 Å². The highest BCUT2D eigenvalue weighted by atomic mass is 32.1. The number of hydrogen-bond donors (Lipinski definition) is 2. The van der Waals surface area contributed by atoms with E-state index in [1.165, 1.54) is 28.7 Å². The Kier molecular flexibility index (Phi) is 4.81. The number of anilines is 1. The molecule has 1 aliphatic rings. The van der Waals surface area contributed by atoms with Crippen LogP contribution in [0.5, 0.6) is 0 Å². The quantitative estimate of drug-likeness (QED) is 0.644. The summed E-state index contributed by atoms with van der Waals surface area (Å²) in [6.45, 7) is 4.49. The van der Waals surface area contributed by atoms with Crippen LogP contribution in [0.4, 0.5) is 5.00 Å². The Morgan fingerprint density at radius 2 is 1.89 bits per heavy atom. The molecule has 2 aromatic heterocycles. The Balaban J connectivity index is 1.46. The third kappa shape index (κ3) is 3.60. The molecule has 5 nitrogen and oxygen atoms in total. The van der Waals surface area contributed by atoms with Gasteiger partial charge in [-0.1, -0.05) is 38.1 Å². The molecule has 2 N–H and O–H groups in total. The first-order valence-corrected chi connectivity index (χ1v) is 10.1.